The molecule has 0 spiro atoms. The first-order chi connectivity index (χ1) is 10.1. The van der Waals surface area contributed by atoms with Gasteiger partial charge in [0.25, 0.3) is 0 Å². The molecule has 1 atom stereocenters. The predicted molar refractivity (Wildman–Crippen MR) is 98.8 cm³/mol. The number of hydrogen-bond donors (Lipinski definition) is 0. The summed E-state index contributed by atoms with van der Waals surface area (Å²) in [5.41, 5.74) is 2.79. The van der Waals surface area contributed by atoms with Crippen LogP contribution in [0.5, 0.6) is 0 Å². The maximum absolute atomic E-state index is 5.21. The first kappa shape index (κ1) is 23.7. The van der Waals surface area contributed by atoms with E-state index >= 15 is 0 Å². The lowest BCUT2D eigenvalue weighted by Crippen LogP contribution is -2.24. The van der Waals surface area contributed by atoms with E-state index < -0.39 is 0 Å². The molecule has 0 heterocycles. The van der Waals surface area contributed by atoms with Gasteiger partial charge in [-0.05, 0) is 66.7 Å². The molecule has 0 aliphatic rings. The molecule has 0 amide bonds. The first-order valence-corrected chi connectivity index (χ1v) is 8.18. The molecule has 22 heavy (non-hydrogen) atoms. The molecule has 2 radical (unpaired) electrons. The number of ether oxygens (including phenoxy) is 2. The fourth-order valence-electron chi connectivity index (χ4n) is 1.90. The van der Waals surface area contributed by atoms with Crippen molar-refractivity contribution in [2.75, 3.05) is 20.3 Å². The van der Waals surface area contributed by atoms with Gasteiger partial charge in [0, 0.05) is 13.7 Å². The Morgan fingerprint density at radius 2 is 1.77 bits per heavy atom. The highest BCUT2D eigenvalue weighted by Crippen LogP contribution is 2.18. The molecule has 0 saturated carbocycles. The van der Waals surface area contributed by atoms with Gasteiger partial charge in [-0.2, -0.15) is 0 Å². The Labute approximate surface area is 140 Å². The van der Waals surface area contributed by atoms with Crippen molar-refractivity contribution in [3.63, 3.8) is 0 Å². The molecule has 2 heteroatoms. The summed E-state index contributed by atoms with van der Waals surface area (Å²) in [5.74, 6) is 0.472. The van der Waals surface area contributed by atoms with Crippen LogP contribution in [0.4, 0.5) is 0 Å². The molecule has 0 rings (SSSR count). The minimum atomic E-state index is 0.00116. The molecule has 130 valence electrons. The molecular weight excluding hydrogens is 272 g/mol. The molecule has 0 aromatic rings. The van der Waals surface area contributed by atoms with Gasteiger partial charge in [-0.25, -0.2) is 0 Å². The van der Waals surface area contributed by atoms with Crippen LogP contribution in [0.3, 0.4) is 0 Å². The Morgan fingerprint density at radius 3 is 2.14 bits per heavy atom. The Hall–Kier alpha value is -0.600. The summed E-state index contributed by atoms with van der Waals surface area (Å²) in [6.45, 7) is 21.4. The standard InChI is InChI=1S/C12H21O.C8H17O/c1-5-13-10-9-12(4)8-6-7-11(2)3;1-7(2)6-8(3,4)9-5/h7,9H,1,5-6,8,10H2,2-4H3;7H,1,6H2,2-5H3/b12-9+;. The van der Waals surface area contributed by atoms with E-state index in [1.54, 1.807) is 7.11 Å². The molecule has 1 unspecified atom stereocenters. The SMILES string of the molecule is [CH2]C(C)CC(C)(C)OC.[CH2]COC/C=C(\C)CCC=C(C)C. The monoisotopic (exact) mass is 310 g/mol. The van der Waals surface area contributed by atoms with Crippen LogP contribution in [0.2, 0.25) is 0 Å². The summed E-state index contributed by atoms with van der Waals surface area (Å²) in [6, 6.07) is 0. The predicted octanol–water partition coefficient (Wildman–Crippen LogP) is 5.80. The lowest BCUT2D eigenvalue weighted by molar-refractivity contribution is 0.00798. The number of methoxy groups -OCH3 is 1. The highest BCUT2D eigenvalue weighted by atomic mass is 16.5. The largest absolute Gasteiger partial charge is 0.379 e. The maximum Gasteiger partial charge on any atom is 0.0649 e. The van der Waals surface area contributed by atoms with Crippen molar-refractivity contribution in [3.8, 4) is 0 Å². The van der Waals surface area contributed by atoms with E-state index in [2.05, 4.69) is 67.5 Å². The van der Waals surface area contributed by atoms with Crippen molar-refractivity contribution >= 4 is 0 Å². The van der Waals surface area contributed by atoms with Crippen LogP contribution in [-0.2, 0) is 9.47 Å². The zero-order valence-electron chi connectivity index (χ0n) is 16.0. The van der Waals surface area contributed by atoms with Gasteiger partial charge >= 0.3 is 0 Å². The van der Waals surface area contributed by atoms with Gasteiger partial charge < -0.3 is 9.47 Å². The number of allylic oxidation sites excluding steroid dienone is 3. The lowest BCUT2D eigenvalue weighted by Gasteiger charge is -2.24. The molecule has 0 aromatic carbocycles. The van der Waals surface area contributed by atoms with Crippen LogP contribution in [0.25, 0.3) is 0 Å². The molecule has 0 aliphatic carbocycles. The van der Waals surface area contributed by atoms with Crippen LogP contribution in [0.15, 0.2) is 23.3 Å². The van der Waals surface area contributed by atoms with Gasteiger partial charge in [0.1, 0.15) is 0 Å². The molecular formula is C20H38O2. The van der Waals surface area contributed by atoms with Crippen LogP contribution < -0.4 is 0 Å². The topological polar surface area (TPSA) is 18.5 Å². The summed E-state index contributed by atoms with van der Waals surface area (Å²) < 4.78 is 10.3. The molecule has 0 fully saturated rings. The lowest BCUT2D eigenvalue weighted by atomic mass is 9.96. The van der Waals surface area contributed by atoms with Gasteiger partial charge in [0.2, 0.25) is 0 Å². The van der Waals surface area contributed by atoms with E-state index in [0.717, 1.165) is 19.3 Å². The Bertz CT molecular complexity index is 308. The van der Waals surface area contributed by atoms with Crippen LogP contribution in [-0.4, -0.2) is 25.9 Å². The second kappa shape index (κ2) is 14.0. The van der Waals surface area contributed by atoms with Crippen molar-refractivity contribution in [1.82, 2.24) is 0 Å². The molecule has 0 aromatic heterocycles. The quantitative estimate of drug-likeness (QED) is 0.396. The second-order valence-corrected chi connectivity index (χ2v) is 6.72. The molecule has 0 N–H and O–H groups in total. The summed E-state index contributed by atoms with van der Waals surface area (Å²) in [4.78, 5) is 0. The van der Waals surface area contributed by atoms with Crippen LogP contribution in [0, 0.1) is 19.8 Å². The Morgan fingerprint density at radius 1 is 1.18 bits per heavy atom. The average molecular weight is 311 g/mol. The third-order valence-electron chi connectivity index (χ3n) is 3.18. The third kappa shape index (κ3) is 19.4. The van der Waals surface area contributed by atoms with Crippen molar-refractivity contribution < 1.29 is 9.47 Å². The summed E-state index contributed by atoms with van der Waals surface area (Å²) in [6.07, 6.45) is 7.67. The van der Waals surface area contributed by atoms with Gasteiger partial charge in [0.15, 0.2) is 0 Å². The van der Waals surface area contributed by atoms with E-state index in [1.165, 1.54) is 11.1 Å². The number of hydrogen-bond acceptors (Lipinski definition) is 2. The maximum atomic E-state index is 5.21. The van der Waals surface area contributed by atoms with Crippen LogP contribution in [0.1, 0.15) is 60.8 Å². The van der Waals surface area contributed by atoms with Gasteiger partial charge in [0.05, 0.1) is 12.2 Å². The zero-order valence-corrected chi connectivity index (χ0v) is 16.0. The van der Waals surface area contributed by atoms with E-state index in [1.807, 2.05) is 0 Å². The Kier molecular flexibility index (Phi) is 15.1. The highest BCUT2D eigenvalue weighted by molar-refractivity contribution is 5.02. The van der Waals surface area contributed by atoms with Crippen molar-refractivity contribution in [2.45, 2.75) is 66.4 Å². The fraction of sp³-hybridized carbons (Fsp3) is 0.700. The Balaban J connectivity index is 0. The minimum Gasteiger partial charge on any atom is -0.379 e. The van der Waals surface area contributed by atoms with E-state index in [-0.39, 0.29) is 5.60 Å². The van der Waals surface area contributed by atoms with Crippen molar-refractivity contribution in [2.24, 2.45) is 5.92 Å². The fourth-order valence-corrected chi connectivity index (χ4v) is 1.90. The third-order valence-corrected chi connectivity index (χ3v) is 3.18. The van der Waals surface area contributed by atoms with E-state index in [0.29, 0.717) is 19.1 Å². The molecule has 0 bridgehead atoms. The van der Waals surface area contributed by atoms with Gasteiger partial charge in [-0.3, -0.25) is 0 Å². The summed E-state index contributed by atoms with van der Waals surface area (Å²) in [5, 5.41) is 0. The molecule has 0 aliphatic heterocycles. The molecule has 2 nitrogen and oxygen atoms in total. The van der Waals surface area contributed by atoms with Crippen molar-refractivity contribution in [3.05, 3.63) is 37.1 Å². The van der Waals surface area contributed by atoms with Gasteiger partial charge in [-0.1, -0.05) is 37.1 Å². The second-order valence-electron chi connectivity index (χ2n) is 6.72. The summed E-state index contributed by atoms with van der Waals surface area (Å²) in [7, 11) is 1.74. The average Bonchev–Trinajstić information content (AvgIpc) is 2.38. The van der Waals surface area contributed by atoms with Crippen LogP contribution >= 0.6 is 0 Å². The molecule has 0 saturated heterocycles. The smallest absolute Gasteiger partial charge is 0.0649 e. The highest BCUT2D eigenvalue weighted by Gasteiger charge is 2.17. The van der Waals surface area contributed by atoms with E-state index in [9.17, 15) is 0 Å². The zero-order chi connectivity index (χ0) is 17.6. The minimum absolute atomic E-state index is 0.00116. The first-order valence-electron chi connectivity index (χ1n) is 8.18. The van der Waals surface area contributed by atoms with Gasteiger partial charge in [-0.15, -0.1) is 0 Å². The summed E-state index contributed by atoms with van der Waals surface area (Å²) >= 11 is 0. The van der Waals surface area contributed by atoms with E-state index in [4.69, 9.17) is 9.47 Å². The normalized spacial score (nSPS) is 12.0. The number of rotatable bonds is 9. The van der Waals surface area contributed by atoms with Crippen molar-refractivity contribution in [1.29, 1.82) is 0 Å².